The number of methoxy groups -OCH3 is 1. The van der Waals surface area contributed by atoms with Gasteiger partial charge >= 0.3 is 0 Å². The van der Waals surface area contributed by atoms with Gasteiger partial charge in [-0.3, -0.25) is 0 Å². The van der Waals surface area contributed by atoms with Crippen LogP contribution >= 0.6 is 0 Å². The minimum Gasteiger partial charge on any atom is -0.496 e. The molecule has 0 radical (unpaired) electrons. The smallest absolute Gasteiger partial charge is 0.165 e. The van der Waals surface area contributed by atoms with Crippen LogP contribution in [0.25, 0.3) is 11.2 Å². The maximum atomic E-state index is 9.41. The average molecular weight is 343 g/mol. The largest absolute Gasteiger partial charge is 0.496 e. The van der Waals surface area contributed by atoms with Gasteiger partial charge < -0.3 is 24.4 Å². The van der Waals surface area contributed by atoms with E-state index in [1.807, 2.05) is 36.2 Å². The van der Waals surface area contributed by atoms with Gasteiger partial charge in [-0.05, 0) is 6.07 Å². The molecular weight excluding hydrogens is 322 g/mol. The maximum absolute atomic E-state index is 9.41. The predicted molar refractivity (Wildman–Crippen MR) is 93.6 cm³/mol. The maximum Gasteiger partial charge on any atom is 0.165 e. The molecule has 0 amide bonds. The van der Waals surface area contributed by atoms with Gasteiger partial charge in [-0.15, -0.1) is 0 Å². The van der Waals surface area contributed by atoms with Crippen LogP contribution in [0.3, 0.4) is 0 Å². The number of imidazole rings is 1. The lowest BCUT2D eigenvalue weighted by molar-refractivity contribution is 0.156. The fourth-order valence-corrected chi connectivity index (χ4v) is 2.78. The highest BCUT2D eigenvalue weighted by molar-refractivity contribution is 5.83. The van der Waals surface area contributed by atoms with E-state index in [0.717, 1.165) is 11.3 Å². The summed E-state index contributed by atoms with van der Waals surface area (Å²) in [6.45, 7) is 0.198. The van der Waals surface area contributed by atoms with Crippen molar-refractivity contribution in [3.63, 3.8) is 0 Å². The lowest BCUT2D eigenvalue weighted by Crippen LogP contribution is -2.19. The second-order valence-corrected chi connectivity index (χ2v) is 5.71. The molecule has 0 saturated carbocycles. The number of anilines is 1. The van der Waals surface area contributed by atoms with E-state index in [4.69, 9.17) is 4.74 Å². The van der Waals surface area contributed by atoms with Crippen LogP contribution in [0.15, 0.2) is 36.9 Å². The molecule has 1 aromatic carbocycles. The lowest BCUT2D eigenvalue weighted by atomic mass is 10.2. The van der Waals surface area contributed by atoms with Gasteiger partial charge in [0.05, 0.1) is 32.7 Å². The fourth-order valence-electron chi connectivity index (χ4n) is 2.78. The molecule has 0 bridgehead atoms. The van der Waals surface area contributed by atoms with Crippen molar-refractivity contribution in [1.82, 2.24) is 19.5 Å². The second kappa shape index (κ2) is 7.45. The Hall–Kier alpha value is -2.71. The van der Waals surface area contributed by atoms with Crippen molar-refractivity contribution in [2.24, 2.45) is 0 Å². The standard InChI is InChI=1S/C17H21N5O3/c1-21(7-12-5-3-4-6-14(12)25-2)16-15-17(19-10-18-16)22(11-20-15)13(8-23)9-24/h3-6,10-11,13,23-24H,7-9H2,1-2H3. The number of rotatable bonds is 7. The Balaban J connectivity index is 1.95. The number of benzene rings is 1. The monoisotopic (exact) mass is 343 g/mol. The Labute approximate surface area is 145 Å². The molecule has 0 aliphatic rings. The Bertz CT molecular complexity index is 847. The molecule has 0 fully saturated rings. The number of hydrogen-bond acceptors (Lipinski definition) is 7. The highest BCUT2D eigenvalue weighted by Crippen LogP contribution is 2.26. The second-order valence-electron chi connectivity index (χ2n) is 5.71. The summed E-state index contributed by atoms with van der Waals surface area (Å²) in [5.74, 6) is 1.48. The van der Waals surface area contributed by atoms with Crippen LogP contribution in [0.2, 0.25) is 0 Å². The van der Waals surface area contributed by atoms with Crippen LogP contribution in [0, 0.1) is 0 Å². The molecule has 0 atom stereocenters. The first-order valence-electron chi connectivity index (χ1n) is 7.91. The normalized spacial score (nSPS) is 11.2. The first-order valence-corrected chi connectivity index (χ1v) is 7.91. The molecule has 0 saturated heterocycles. The summed E-state index contributed by atoms with van der Waals surface area (Å²) in [4.78, 5) is 15.0. The minimum atomic E-state index is -0.479. The first-order chi connectivity index (χ1) is 12.2. The first kappa shape index (κ1) is 17.1. The number of aliphatic hydroxyl groups is 2. The van der Waals surface area contributed by atoms with E-state index < -0.39 is 6.04 Å². The van der Waals surface area contributed by atoms with Crippen molar-refractivity contribution >= 4 is 17.0 Å². The van der Waals surface area contributed by atoms with Gasteiger partial charge in [-0.1, -0.05) is 18.2 Å². The zero-order valence-electron chi connectivity index (χ0n) is 14.2. The molecule has 0 aliphatic heterocycles. The molecule has 25 heavy (non-hydrogen) atoms. The molecule has 8 heteroatoms. The number of para-hydroxylation sites is 1. The molecule has 2 heterocycles. The van der Waals surface area contributed by atoms with E-state index in [-0.39, 0.29) is 13.2 Å². The zero-order chi connectivity index (χ0) is 17.8. The van der Waals surface area contributed by atoms with Gasteiger partial charge in [-0.25, -0.2) is 15.0 Å². The highest BCUT2D eigenvalue weighted by atomic mass is 16.5. The summed E-state index contributed by atoms with van der Waals surface area (Å²) in [5, 5.41) is 18.8. The number of nitrogens with zero attached hydrogens (tertiary/aromatic N) is 5. The summed E-state index contributed by atoms with van der Waals surface area (Å²) >= 11 is 0. The Morgan fingerprint density at radius 3 is 2.64 bits per heavy atom. The van der Waals surface area contributed by atoms with Crippen molar-refractivity contribution in [3.05, 3.63) is 42.5 Å². The molecule has 2 aromatic heterocycles. The van der Waals surface area contributed by atoms with E-state index in [9.17, 15) is 10.2 Å². The summed E-state index contributed by atoms with van der Waals surface area (Å²) in [5.41, 5.74) is 2.22. The Morgan fingerprint density at radius 2 is 1.92 bits per heavy atom. The Kier molecular flexibility index (Phi) is 5.11. The van der Waals surface area contributed by atoms with Crippen molar-refractivity contribution < 1.29 is 14.9 Å². The zero-order valence-corrected chi connectivity index (χ0v) is 14.2. The molecule has 0 spiro atoms. The number of fused-ring (bicyclic) bond motifs is 1. The Morgan fingerprint density at radius 1 is 1.16 bits per heavy atom. The van der Waals surface area contributed by atoms with Crippen molar-refractivity contribution in [2.75, 3.05) is 32.3 Å². The topological polar surface area (TPSA) is 96.5 Å². The molecule has 8 nitrogen and oxygen atoms in total. The molecule has 2 N–H and O–H groups in total. The molecule has 3 aromatic rings. The van der Waals surface area contributed by atoms with Crippen molar-refractivity contribution in [3.8, 4) is 5.75 Å². The van der Waals surface area contributed by atoms with Crippen LogP contribution in [-0.4, -0.2) is 57.1 Å². The summed E-state index contributed by atoms with van der Waals surface area (Å²) < 4.78 is 7.06. The van der Waals surface area contributed by atoms with E-state index in [1.54, 1.807) is 18.0 Å². The van der Waals surface area contributed by atoms with Crippen LogP contribution in [0.1, 0.15) is 11.6 Å². The SMILES string of the molecule is COc1ccccc1CN(C)c1ncnc2c1ncn2C(CO)CO. The number of ether oxygens (including phenoxy) is 1. The summed E-state index contributed by atoms with van der Waals surface area (Å²) in [6.07, 6.45) is 3.03. The molecule has 0 aliphatic carbocycles. The van der Waals surface area contributed by atoms with E-state index in [1.165, 1.54) is 6.33 Å². The van der Waals surface area contributed by atoms with Crippen LogP contribution in [-0.2, 0) is 6.54 Å². The van der Waals surface area contributed by atoms with E-state index in [2.05, 4.69) is 15.0 Å². The van der Waals surface area contributed by atoms with Gasteiger partial charge in [0.2, 0.25) is 0 Å². The number of aromatic nitrogens is 4. The van der Waals surface area contributed by atoms with Gasteiger partial charge in [0.1, 0.15) is 12.1 Å². The quantitative estimate of drug-likeness (QED) is 0.660. The van der Waals surface area contributed by atoms with Crippen molar-refractivity contribution in [2.45, 2.75) is 12.6 Å². The third kappa shape index (κ3) is 3.26. The van der Waals surface area contributed by atoms with Crippen molar-refractivity contribution in [1.29, 1.82) is 0 Å². The molecular formula is C17H21N5O3. The average Bonchev–Trinajstić information content (AvgIpc) is 3.07. The van der Waals surface area contributed by atoms with Crippen LogP contribution < -0.4 is 9.64 Å². The summed E-state index contributed by atoms with van der Waals surface area (Å²) in [7, 11) is 3.57. The van der Waals surface area contributed by atoms with Gasteiger partial charge in [0, 0.05) is 19.2 Å². The fraction of sp³-hybridized carbons (Fsp3) is 0.353. The van der Waals surface area contributed by atoms with E-state index in [0.29, 0.717) is 23.5 Å². The van der Waals surface area contributed by atoms with Crippen LogP contribution in [0.5, 0.6) is 5.75 Å². The minimum absolute atomic E-state index is 0.196. The third-order valence-corrected chi connectivity index (χ3v) is 4.12. The molecule has 0 unspecified atom stereocenters. The summed E-state index contributed by atoms with van der Waals surface area (Å²) in [6, 6.07) is 7.33. The lowest BCUT2D eigenvalue weighted by Gasteiger charge is -2.20. The van der Waals surface area contributed by atoms with Crippen LogP contribution in [0.4, 0.5) is 5.82 Å². The third-order valence-electron chi connectivity index (χ3n) is 4.12. The molecule has 132 valence electrons. The van der Waals surface area contributed by atoms with E-state index >= 15 is 0 Å². The number of hydrogen-bond donors (Lipinski definition) is 2. The van der Waals surface area contributed by atoms with Gasteiger partial charge in [0.25, 0.3) is 0 Å². The van der Waals surface area contributed by atoms with Gasteiger partial charge in [0.15, 0.2) is 17.0 Å². The highest BCUT2D eigenvalue weighted by Gasteiger charge is 2.18. The predicted octanol–water partition coefficient (Wildman–Crippen LogP) is 0.997. The molecule has 3 rings (SSSR count). The number of aliphatic hydroxyl groups excluding tert-OH is 2. The van der Waals surface area contributed by atoms with Gasteiger partial charge in [-0.2, -0.15) is 0 Å².